The molecule has 3 aromatic carbocycles. The summed E-state index contributed by atoms with van der Waals surface area (Å²) in [5.74, 6) is -0.494. The number of hydrogen-bond acceptors (Lipinski definition) is 4. The minimum absolute atomic E-state index is 0.00672. The Morgan fingerprint density at radius 3 is 2.19 bits per heavy atom. The van der Waals surface area contributed by atoms with Gasteiger partial charge in [-0.05, 0) is 55.0 Å². The second kappa shape index (κ2) is 9.65. The van der Waals surface area contributed by atoms with Crippen molar-refractivity contribution in [1.82, 2.24) is 10.2 Å². The second-order valence-electron chi connectivity index (χ2n) is 7.44. The topological polar surface area (TPSA) is 95.6 Å². The van der Waals surface area contributed by atoms with Gasteiger partial charge in [0.15, 0.2) is 0 Å². The van der Waals surface area contributed by atoms with Crippen molar-refractivity contribution in [3.05, 3.63) is 95.1 Å². The standard InChI is InChI=1S/C24H25N3O4S/c1-17-7-13-21(14-8-17)26-32(30,31)22-6-4-5-20(15-22)24(29)27(3)16-18-9-11-19(12-10-18)23(28)25-2/h4-15,26H,16H2,1-3H3,(H,25,28). The van der Waals surface area contributed by atoms with Crippen LogP contribution < -0.4 is 10.0 Å². The molecule has 0 fully saturated rings. The van der Waals surface area contributed by atoms with E-state index in [-0.39, 0.29) is 22.3 Å². The molecule has 0 aliphatic rings. The molecule has 2 N–H and O–H groups in total. The van der Waals surface area contributed by atoms with Crippen LogP contribution in [0.25, 0.3) is 0 Å². The van der Waals surface area contributed by atoms with Crippen LogP contribution in [-0.2, 0) is 16.6 Å². The molecule has 7 nitrogen and oxygen atoms in total. The first kappa shape index (κ1) is 23.0. The van der Waals surface area contributed by atoms with E-state index in [2.05, 4.69) is 10.0 Å². The normalized spacial score (nSPS) is 11.0. The van der Waals surface area contributed by atoms with Crippen molar-refractivity contribution in [2.45, 2.75) is 18.4 Å². The lowest BCUT2D eigenvalue weighted by Crippen LogP contribution is -2.26. The molecular weight excluding hydrogens is 426 g/mol. The van der Waals surface area contributed by atoms with E-state index in [1.807, 2.05) is 19.1 Å². The lowest BCUT2D eigenvalue weighted by atomic mass is 10.1. The molecule has 0 heterocycles. The Balaban J connectivity index is 1.74. The number of sulfonamides is 1. The molecule has 0 aliphatic carbocycles. The molecule has 2 amide bonds. The van der Waals surface area contributed by atoms with Crippen molar-refractivity contribution in [3.8, 4) is 0 Å². The number of hydrogen-bond donors (Lipinski definition) is 2. The van der Waals surface area contributed by atoms with E-state index >= 15 is 0 Å². The Morgan fingerprint density at radius 2 is 1.56 bits per heavy atom. The summed E-state index contributed by atoms with van der Waals surface area (Å²) < 4.78 is 28.1. The maximum Gasteiger partial charge on any atom is 0.261 e. The number of anilines is 1. The Hall–Kier alpha value is -3.65. The van der Waals surface area contributed by atoms with Gasteiger partial charge in [0, 0.05) is 37.5 Å². The number of amides is 2. The van der Waals surface area contributed by atoms with Gasteiger partial charge in [-0.3, -0.25) is 14.3 Å². The number of rotatable bonds is 7. The van der Waals surface area contributed by atoms with Gasteiger partial charge in [-0.25, -0.2) is 8.42 Å². The van der Waals surface area contributed by atoms with Crippen LogP contribution >= 0.6 is 0 Å². The zero-order chi connectivity index (χ0) is 23.3. The summed E-state index contributed by atoms with van der Waals surface area (Å²) in [5.41, 5.74) is 3.11. The van der Waals surface area contributed by atoms with Crippen molar-refractivity contribution in [1.29, 1.82) is 0 Å². The van der Waals surface area contributed by atoms with E-state index in [1.165, 1.54) is 17.0 Å². The molecule has 3 rings (SSSR count). The van der Waals surface area contributed by atoms with Crippen molar-refractivity contribution >= 4 is 27.5 Å². The van der Waals surface area contributed by atoms with Crippen LogP contribution in [0.1, 0.15) is 31.8 Å². The van der Waals surface area contributed by atoms with E-state index < -0.39 is 10.0 Å². The van der Waals surface area contributed by atoms with E-state index in [0.29, 0.717) is 17.8 Å². The third-order valence-electron chi connectivity index (χ3n) is 4.90. The Kier molecular flexibility index (Phi) is 6.95. The average molecular weight is 452 g/mol. The van der Waals surface area contributed by atoms with Crippen LogP contribution in [0.15, 0.2) is 77.7 Å². The SMILES string of the molecule is CNC(=O)c1ccc(CN(C)C(=O)c2cccc(S(=O)(=O)Nc3ccc(C)cc3)c2)cc1. The molecule has 8 heteroatoms. The number of benzene rings is 3. The highest BCUT2D eigenvalue weighted by Gasteiger charge is 2.18. The molecule has 0 aromatic heterocycles. The lowest BCUT2D eigenvalue weighted by molar-refractivity contribution is 0.0784. The van der Waals surface area contributed by atoms with Crippen LogP contribution in [0.5, 0.6) is 0 Å². The van der Waals surface area contributed by atoms with Crippen LogP contribution in [0.4, 0.5) is 5.69 Å². The molecule has 0 radical (unpaired) electrons. The average Bonchev–Trinajstić information content (AvgIpc) is 2.80. The third kappa shape index (κ3) is 5.53. The van der Waals surface area contributed by atoms with Gasteiger partial charge in [-0.15, -0.1) is 0 Å². The quantitative estimate of drug-likeness (QED) is 0.575. The molecule has 32 heavy (non-hydrogen) atoms. The van der Waals surface area contributed by atoms with E-state index in [0.717, 1.165) is 11.1 Å². The summed E-state index contributed by atoms with van der Waals surface area (Å²) in [6.07, 6.45) is 0. The predicted octanol–water partition coefficient (Wildman–Crippen LogP) is 3.43. The molecule has 166 valence electrons. The van der Waals surface area contributed by atoms with Gasteiger partial charge in [0.25, 0.3) is 21.8 Å². The number of carbonyl (C=O) groups excluding carboxylic acids is 2. The fraction of sp³-hybridized carbons (Fsp3) is 0.167. The van der Waals surface area contributed by atoms with Gasteiger partial charge in [0.05, 0.1) is 4.90 Å². The second-order valence-corrected chi connectivity index (χ2v) is 9.12. The lowest BCUT2D eigenvalue weighted by Gasteiger charge is -2.18. The highest BCUT2D eigenvalue weighted by atomic mass is 32.2. The number of nitrogens with one attached hydrogen (secondary N) is 2. The van der Waals surface area contributed by atoms with E-state index in [1.54, 1.807) is 62.6 Å². The molecule has 3 aromatic rings. The minimum atomic E-state index is -3.84. The Labute approximate surface area is 188 Å². The number of aryl methyl sites for hydroxylation is 1. The maximum absolute atomic E-state index is 12.9. The molecule has 0 unspecified atom stereocenters. The van der Waals surface area contributed by atoms with Gasteiger partial charge >= 0.3 is 0 Å². The maximum atomic E-state index is 12.9. The number of carbonyl (C=O) groups is 2. The Morgan fingerprint density at radius 1 is 0.906 bits per heavy atom. The summed E-state index contributed by atoms with van der Waals surface area (Å²) in [5, 5.41) is 2.56. The summed E-state index contributed by atoms with van der Waals surface area (Å²) in [7, 11) is -0.638. The van der Waals surface area contributed by atoms with Crippen molar-refractivity contribution in [2.24, 2.45) is 0 Å². The van der Waals surface area contributed by atoms with Crippen LogP contribution in [-0.4, -0.2) is 39.2 Å². The first-order valence-corrected chi connectivity index (χ1v) is 11.4. The van der Waals surface area contributed by atoms with Gasteiger partial charge in [-0.2, -0.15) is 0 Å². The smallest absolute Gasteiger partial charge is 0.261 e. The first-order chi connectivity index (χ1) is 15.2. The van der Waals surface area contributed by atoms with E-state index in [9.17, 15) is 18.0 Å². The third-order valence-corrected chi connectivity index (χ3v) is 6.28. The highest BCUT2D eigenvalue weighted by Crippen LogP contribution is 2.19. The largest absolute Gasteiger partial charge is 0.355 e. The molecule has 0 saturated carbocycles. The zero-order valence-corrected chi connectivity index (χ0v) is 18.9. The first-order valence-electron chi connectivity index (χ1n) is 9.95. The van der Waals surface area contributed by atoms with Crippen molar-refractivity contribution in [2.75, 3.05) is 18.8 Å². The summed E-state index contributed by atoms with van der Waals surface area (Å²) >= 11 is 0. The molecule has 0 aliphatic heterocycles. The van der Waals surface area contributed by atoms with Gasteiger partial charge in [0.2, 0.25) is 0 Å². The Bertz CT molecular complexity index is 1220. The summed E-state index contributed by atoms with van der Waals surface area (Å²) in [6, 6.07) is 19.9. The molecular formula is C24H25N3O4S. The molecule has 0 bridgehead atoms. The van der Waals surface area contributed by atoms with Crippen LogP contribution in [0.2, 0.25) is 0 Å². The highest BCUT2D eigenvalue weighted by molar-refractivity contribution is 7.92. The molecule has 0 saturated heterocycles. The van der Waals surface area contributed by atoms with Gasteiger partial charge in [0.1, 0.15) is 0 Å². The summed E-state index contributed by atoms with van der Waals surface area (Å²) in [6.45, 7) is 2.23. The van der Waals surface area contributed by atoms with Crippen molar-refractivity contribution in [3.63, 3.8) is 0 Å². The van der Waals surface area contributed by atoms with Crippen molar-refractivity contribution < 1.29 is 18.0 Å². The fourth-order valence-electron chi connectivity index (χ4n) is 3.10. The van der Waals surface area contributed by atoms with Gasteiger partial charge < -0.3 is 10.2 Å². The van der Waals surface area contributed by atoms with Crippen LogP contribution in [0, 0.1) is 6.92 Å². The molecule has 0 spiro atoms. The van der Waals surface area contributed by atoms with Gasteiger partial charge in [-0.1, -0.05) is 35.9 Å². The predicted molar refractivity (Wildman–Crippen MR) is 124 cm³/mol. The number of nitrogens with zero attached hydrogens (tertiary/aromatic N) is 1. The fourth-order valence-corrected chi connectivity index (χ4v) is 4.21. The zero-order valence-electron chi connectivity index (χ0n) is 18.1. The van der Waals surface area contributed by atoms with Crippen LogP contribution in [0.3, 0.4) is 0 Å². The van der Waals surface area contributed by atoms with E-state index in [4.69, 9.17) is 0 Å². The monoisotopic (exact) mass is 451 g/mol. The molecule has 0 atom stereocenters. The minimum Gasteiger partial charge on any atom is -0.355 e. The summed E-state index contributed by atoms with van der Waals surface area (Å²) in [4.78, 5) is 26.0.